The summed E-state index contributed by atoms with van der Waals surface area (Å²) in [5.41, 5.74) is 2.23. The fourth-order valence-corrected chi connectivity index (χ4v) is 1.82. The monoisotopic (exact) mass is 282 g/mol. The zero-order valence-electron chi connectivity index (χ0n) is 9.62. The van der Waals surface area contributed by atoms with E-state index in [1.165, 1.54) is 18.4 Å². The molecule has 0 radical (unpaired) electrons. The Kier molecular flexibility index (Phi) is 7.19. The summed E-state index contributed by atoms with van der Waals surface area (Å²) in [6, 6.07) is 10.2. The molecule has 1 aromatic rings. The van der Waals surface area contributed by atoms with Crippen molar-refractivity contribution in [3.05, 3.63) is 42.5 Å². The predicted octanol–water partition coefficient (Wildman–Crippen LogP) is 4.28. The molecule has 0 heterocycles. The van der Waals surface area contributed by atoms with Gasteiger partial charge in [-0.25, -0.2) is 0 Å². The lowest BCUT2D eigenvalue weighted by Crippen LogP contribution is -1.99. The summed E-state index contributed by atoms with van der Waals surface area (Å²) in [7, 11) is 0. The van der Waals surface area contributed by atoms with E-state index in [1.807, 2.05) is 18.2 Å². The Morgan fingerprint density at radius 3 is 2.56 bits per heavy atom. The third-order valence-electron chi connectivity index (χ3n) is 2.38. The molecule has 1 aromatic carbocycles. The SMILES string of the molecule is C=C(COCCCCCBr)c1ccccc1. The van der Waals surface area contributed by atoms with E-state index in [-0.39, 0.29) is 0 Å². The molecule has 2 heteroatoms. The highest BCUT2D eigenvalue weighted by Gasteiger charge is 1.97. The first-order valence-corrected chi connectivity index (χ1v) is 6.83. The van der Waals surface area contributed by atoms with E-state index in [0.717, 1.165) is 23.9 Å². The molecule has 0 fully saturated rings. The summed E-state index contributed by atoms with van der Waals surface area (Å²) in [5, 5.41) is 1.09. The van der Waals surface area contributed by atoms with Crippen molar-refractivity contribution in [1.29, 1.82) is 0 Å². The zero-order valence-corrected chi connectivity index (χ0v) is 11.2. The average Bonchev–Trinajstić information content (AvgIpc) is 2.34. The molecule has 0 saturated carbocycles. The van der Waals surface area contributed by atoms with Crippen LogP contribution in [0.25, 0.3) is 5.57 Å². The molecule has 0 aliphatic heterocycles. The maximum absolute atomic E-state index is 5.58. The number of hydrogen-bond donors (Lipinski definition) is 0. The van der Waals surface area contributed by atoms with Crippen molar-refractivity contribution >= 4 is 21.5 Å². The van der Waals surface area contributed by atoms with Crippen molar-refractivity contribution in [2.75, 3.05) is 18.5 Å². The first-order chi connectivity index (χ1) is 7.84. The molecule has 0 unspecified atom stereocenters. The number of ether oxygens (including phenoxy) is 1. The molecule has 0 aromatic heterocycles. The third kappa shape index (κ3) is 5.47. The minimum atomic E-state index is 0.637. The van der Waals surface area contributed by atoms with Crippen molar-refractivity contribution in [2.24, 2.45) is 0 Å². The van der Waals surface area contributed by atoms with E-state index in [4.69, 9.17) is 4.74 Å². The highest BCUT2D eigenvalue weighted by atomic mass is 79.9. The molecular formula is C14H19BrO. The van der Waals surface area contributed by atoms with E-state index in [1.54, 1.807) is 0 Å². The van der Waals surface area contributed by atoms with Gasteiger partial charge in [0.2, 0.25) is 0 Å². The van der Waals surface area contributed by atoms with Crippen LogP contribution in [0.2, 0.25) is 0 Å². The highest BCUT2D eigenvalue weighted by Crippen LogP contribution is 2.11. The van der Waals surface area contributed by atoms with E-state index in [2.05, 4.69) is 34.6 Å². The molecule has 0 saturated heterocycles. The van der Waals surface area contributed by atoms with Crippen LogP contribution in [-0.4, -0.2) is 18.5 Å². The van der Waals surface area contributed by atoms with Gasteiger partial charge in [0.05, 0.1) is 6.61 Å². The molecular weight excluding hydrogens is 264 g/mol. The molecule has 0 aliphatic rings. The molecule has 16 heavy (non-hydrogen) atoms. The van der Waals surface area contributed by atoms with Gasteiger partial charge < -0.3 is 4.74 Å². The summed E-state index contributed by atoms with van der Waals surface area (Å²) in [6.07, 6.45) is 3.58. The molecule has 0 N–H and O–H groups in total. The van der Waals surface area contributed by atoms with Gasteiger partial charge in [0.15, 0.2) is 0 Å². The first-order valence-electron chi connectivity index (χ1n) is 5.71. The smallest absolute Gasteiger partial charge is 0.0716 e. The van der Waals surface area contributed by atoms with Crippen LogP contribution in [0.15, 0.2) is 36.9 Å². The number of halogens is 1. The minimum absolute atomic E-state index is 0.637. The van der Waals surface area contributed by atoms with Gasteiger partial charge in [0, 0.05) is 11.9 Å². The number of benzene rings is 1. The number of unbranched alkanes of at least 4 members (excludes halogenated alkanes) is 2. The van der Waals surface area contributed by atoms with Crippen molar-refractivity contribution in [3.63, 3.8) is 0 Å². The van der Waals surface area contributed by atoms with Gasteiger partial charge in [-0.05, 0) is 24.0 Å². The molecule has 0 aliphatic carbocycles. The summed E-state index contributed by atoms with van der Waals surface area (Å²) in [6.45, 7) is 5.50. The number of alkyl halides is 1. The van der Waals surface area contributed by atoms with Gasteiger partial charge in [0.25, 0.3) is 0 Å². The van der Waals surface area contributed by atoms with E-state index >= 15 is 0 Å². The average molecular weight is 283 g/mol. The van der Waals surface area contributed by atoms with Crippen molar-refractivity contribution in [2.45, 2.75) is 19.3 Å². The second-order valence-corrected chi connectivity index (χ2v) is 4.56. The van der Waals surface area contributed by atoms with Crippen LogP contribution in [-0.2, 0) is 4.74 Å². The third-order valence-corrected chi connectivity index (χ3v) is 2.94. The van der Waals surface area contributed by atoms with Gasteiger partial charge in [-0.3, -0.25) is 0 Å². The van der Waals surface area contributed by atoms with Gasteiger partial charge in [0.1, 0.15) is 0 Å². The fourth-order valence-electron chi connectivity index (χ4n) is 1.43. The topological polar surface area (TPSA) is 9.23 Å². The Morgan fingerprint density at radius 2 is 1.88 bits per heavy atom. The van der Waals surface area contributed by atoms with Crippen molar-refractivity contribution < 1.29 is 4.74 Å². The van der Waals surface area contributed by atoms with Gasteiger partial charge in [-0.2, -0.15) is 0 Å². The quantitative estimate of drug-likeness (QED) is 0.511. The van der Waals surface area contributed by atoms with Crippen LogP contribution in [0.4, 0.5) is 0 Å². The van der Waals surface area contributed by atoms with Crippen LogP contribution in [0.5, 0.6) is 0 Å². The number of rotatable bonds is 8. The first kappa shape index (κ1) is 13.5. The van der Waals surface area contributed by atoms with Crippen LogP contribution in [0.1, 0.15) is 24.8 Å². The summed E-state index contributed by atoms with van der Waals surface area (Å²) in [4.78, 5) is 0. The van der Waals surface area contributed by atoms with Gasteiger partial charge >= 0.3 is 0 Å². The van der Waals surface area contributed by atoms with Crippen LogP contribution < -0.4 is 0 Å². The fraction of sp³-hybridized carbons (Fsp3) is 0.429. The van der Waals surface area contributed by atoms with E-state index in [9.17, 15) is 0 Å². The lowest BCUT2D eigenvalue weighted by Gasteiger charge is -2.07. The molecule has 0 amide bonds. The molecule has 0 spiro atoms. The number of hydrogen-bond acceptors (Lipinski definition) is 1. The molecule has 0 atom stereocenters. The summed E-state index contributed by atoms with van der Waals surface area (Å²) < 4.78 is 5.58. The Balaban J connectivity index is 2.12. The van der Waals surface area contributed by atoms with Crippen LogP contribution in [0, 0.1) is 0 Å². The van der Waals surface area contributed by atoms with Crippen LogP contribution >= 0.6 is 15.9 Å². The summed E-state index contributed by atoms with van der Waals surface area (Å²) in [5.74, 6) is 0. The molecule has 0 bridgehead atoms. The lowest BCUT2D eigenvalue weighted by molar-refractivity contribution is 0.162. The standard InChI is InChI=1S/C14H19BrO/c1-13(14-8-4-2-5-9-14)12-16-11-7-3-6-10-15/h2,4-5,8-9H,1,3,6-7,10-12H2. The van der Waals surface area contributed by atoms with Crippen LogP contribution in [0.3, 0.4) is 0 Å². The van der Waals surface area contributed by atoms with Gasteiger partial charge in [-0.15, -0.1) is 0 Å². The maximum atomic E-state index is 5.58. The Labute approximate surface area is 107 Å². The Bertz CT molecular complexity index is 295. The highest BCUT2D eigenvalue weighted by molar-refractivity contribution is 9.09. The Hall–Kier alpha value is -0.600. The van der Waals surface area contributed by atoms with Crippen molar-refractivity contribution in [1.82, 2.24) is 0 Å². The lowest BCUT2D eigenvalue weighted by atomic mass is 10.1. The second-order valence-electron chi connectivity index (χ2n) is 3.77. The Morgan fingerprint density at radius 1 is 1.12 bits per heavy atom. The molecule has 1 nitrogen and oxygen atoms in total. The van der Waals surface area contributed by atoms with Crippen molar-refractivity contribution in [3.8, 4) is 0 Å². The molecule has 1 rings (SSSR count). The summed E-state index contributed by atoms with van der Waals surface area (Å²) >= 11 is 3.42. The normalized spacial score (nSPS) is 10.3. The van der Waals surface area contributed by atoms with Gasteiger partial charge in [-0.1, -0.05) is 59.3 Å². The minimum Gasteiger partial charge on any atom is -0.377 e. The van der Waals surface area contributed by atoms with E-state index in [0.29, 0.717) is 6.61 Å². The molecule has 88 valence electrons. The zero-order chi connectivity index (χ0) is 11.6. The largest absolute Gasteiger partial charge is 0.377 e. The second kappa shape index (κ2) is 8.54. The maximum Gasteiger partial charge on any atom is 0.0716 e. The van der Waals surface area contributed by atoms with E-state index < -0.39 is 0 Å². The predicted molar refractivity (Wildman–Crippen MR) is 73.9 cm³/mol.